The summed E-state index contributed by atoms with van der Waals surface area (Å²) in [6.07, 6.45) is 2.03. The van der Waals surface area contributed by atoms with Gasteiger partial charge < -0.3 is 14.8 Å². The lowest BCUT2D eigenvalue weighted by molar-refractivity contribution is 0.0546. The summed E-state index contributed by atoms with van der Waals surface area (Å²) in [5.41, 5.74) is 0.975. The molecule has 1 unspecified atom stereocenters. The van der Waals surface area contributed by atoms with E-state index < -0.39 is 0 Å². The summed E-state index contributed by atoms with van der Waals surface area (Å²) in [4.78, 5) is 0. The molecule has 1 aromatic rings. The minimum atomic E-state index is -0.303. The first-order chi connectivity index (χ1) is 8.76. The van der Waals surface area contributed by atoms with Crippen molar-refractivity contribution >= 4 is 0 Å². The normalized spacial score (nSPS) is 18.6. The summed E-state index contributed by atoms with van der Waals surface area (Å²) < 4.78 is 24.0. The molecular weight excluding hydrogens is 233 g/mol. The quantitative estimate of drug-likeness (QED) is 0.894. The predicted molar refractivity (Wildman–Crippen MR) is 68.3 cm³/mol. The maximum Gasteiger partial charge on any atom is 0.165 e. The Labute approximate surface area is 107 Å². The molecule has 0 amide bonds. The highest BCUT2D eigenvalue weighted by atomic mass is 19.1. The highest BCUT2D eigenvalue weighted by molar-refractivity contribution is 5.31. The Hall–Kier alpha value is -1.13. The molecule has 100 valence electrons. The molecule has 1 aromatic carbocycles. The van der Waals surface area contributed by atoms with Crippen LogP contribution in [0.25, 0.3) is 0 Å². The first kappa shape index (κ1) is 13.3. The maximum atomic E-state index is 13.7. The SMILES string of the molecule is CNC(c1ccc(OC)c(F)c1)C1CCOCC1. The van der Waals surface area contributed by atoms with Crippen molar-refractivity contribution in [1.29, 1.82) is 0 Å². The Morgan fingerprint density at radius 2 is 2.11 bits per heavy atom. The molecule has 1 fully saturated rings. The van der Waals surface area contributed by atoms with Gasteiger partial charge in [0.15, 0.2) is 11.6 Å². The summed E-state index contributed by atoms with van der Waals surface area (Å²) in [7, 11) is 3.40. The standard InChI is InChI=1S/C14H20FNO2/c1-16-14(10-5-7-18-8-6-10)11-3-4-13(17-2)12(15)9-11/h3-4,9-10,14,16H,5-8H2,1-2H3. The van der Waals surface area contributed by atoms with E-state index in [4.69, 9.17) is 9.47 Å². The predicted octanol–water partition coefficient (Wildman–Crippen LogP) is 2.52. The Bertz CT molecular complexity index is 391. The van der Waals surface area contributed by atoms with E-state index >= 15 is 0 Å². The molecule has 1 aliphatic heterocycles. The molecule has 2 rings (SSSR count). The van der Waals surface area contributed by atoms with Crippen LogP contribution >= 0.6 is 0 Å². The van der Waals surface area contributed by atoms with E-state index in [1.165, 1.54) is 7.11 Å². The monoisotopic (exact) mass is 253 g/mol. The molecular formula is C14H20FNO2. The molecule has 1 heterocycles. The topological polar surface area (TPSA) is 30.5 Å². The summed E-state index contributed by atoms with van der Waals surface area (Å²) in [5, 5.41) is 3.29. The minimum absolute atomic E-state index is 0.175. The van der Waals surface area contributed by atoms with Crippen LogP contribution in [0, 0.1) is 11.7 Å². The number of rotatable bonds is 4. The van der Waals surface area contributed by atoms with Gasteiger partial charge in [0.05, 0.1) is 7.11 Å². The van der Waals surface area contributed by atoms with Gasteiger partial charge in [-0.3, -0.25) is 0 Å². The van der Waals surface area contributed by atoms with Gasteiger partial charge in [-0.1, -0.05) is 6.07 Å². The summed E-state index contributed by atoms with van der Waals surface area (Å²) in [6, 6.07) is 5.36. The van der Waals surface area contributed by atoms with Crippen LogP contribution in [0.1, 0.15) is 24.4 Å². The fourth-order valence-corrected chi connectivity index (χ4v) is 2.60. The second kappa shape index (κ2) is 6.16. The Morgan fingerprint density at radius 3 is 2.67 bits per heavy atom. The molecule has 1 atom stereocenters. The van der Waals surface area contributed by atoms with Gasteiger partial charge in [0.1, 0.15) is 0 Å². The van der Waals surface area contributed by atoms with Crippen molar-refractivity contribution in [1.82, 2.24) is 5.32 Å². The fraction of sp³-hybridized carbons (Fsp3) is 0.571. The lowest BCUT2D eigenvalue weighted by Gasteiger charge is -2.30. The molecule has 0 bridgehead atoms. The van der Waals surface area contributed by atoms with Crippen molar-refractivity contribution in [3.05, 3.63) is 29.6 Å². The van der Waals surface area contributed by atoms with Crippen LogP contribution < -0.4 is 10.1 Å². The second-order valence-electron chi connectivity index (χ2n) is 4.61. The fourth-order valence-electron chi connectivity index (χ4n) is 2.60. The third-order valence-corrected chi connectivity index (χ3v) is 3.58. The number of methoxy groups -OCH3 is 1. The second-order valence-corrected chi connectivity index (χ2v) is 4.61. The molecule has 1 N–H and O–H groups in total. The summed E-state index contributed by atoms with van der Waals surface area (Å²) in [6.45, 7) is 1.59. The lowest BCUT2D eigenvalue weighted by atomic mass is 9.87. The van der Waals surface area contributed by atoms with E-state index in [9.17, 15) is 4.39 Å². The van der Waals surface area contributed by atoms with Gasteiger partial charge in [-0.15, -0.1) is 0 Å². The number of hydrogen-bond acceptors (Lipinski definition) is 3. The van der Waals surface area contributed by atoms with Crippen molar-refractivity contribution in [2.45, 2.75) is 18.9 Å². The number of hydrogen-bond donors (Lipinski definition) is 1. The lowest BCUT2D eigenvalue weighted by Crippen LogP contribution is -2.30. The van der Waals surface area contributed by atoms with Gasteiger partial charge >= 0.3 is 0 Å². The zero-order chi connectivity index (χ0) is 13.0. The molecule has 0 spiro atoms. The Morgan fingerprint density at radius 1 is 1.39 bits per heavy atom. The van der Waals surface area contributed by atoms with Gasteiger partial charge in [0.25, 0.3) is 0 Å². The highest BCUT2D eigenvalue weighted by Crippen LogP contribution is 2.31. The Kier molecular flexibility index (Phi) is 4.55. The molecule has 1 saturated heterocycles. The highest BCUT2D eigenvalue weighted by Gasteiger charge is 2.24. The first-order valence-corrected chi connectivity index (χ1v) is 6.34. The van der Waals surface area contributed by atoms with E-state index in [0.29, 0.717) is 11.7 Å². The zero-order valence-electron chi connectivity index (χ0n) is 10.9. The summed E-state index contributed by atoms with van der Waals surface area (Å²) >= 11 is 0. The van der Waals surface area contributed by atoms with Gasteiger partial charge in [-0.05, 0) is 43.5 Å². The van der Waals surface area contributed by atoms with Crippen molar-refractivity contribution in [2.24, 2.45) is 5.92 Å². The van der Waals surface area contributed by atoms with Crippen LogP contribution in [0.3, 0.4) is 0 Å². The van der Waals surface area contributed by atoms with Crippen molar-refractivity contribution in [2.75, 3.05) is 27.4 Å². The average molecular weight is 253 g/mol. The van der Waals surface area contributed by atoms with Gasteiger partial charge in [-0.25, -0.2) is 4.39 Å². The van der Waals surface area contributed by atoms with Crippen molar-refractivity contribution < 1.29 is 13.9 Å². The number of nitrogens with one attached hydrogen (secondary N) is 1. The average Bonchev–Trinajstić information content (AvgIpc) is 2.41. The minimum Gasteiger partial charge on any atom is -0.494 e. The van der Waals surface area contributed by atoms with E-state index in [0.717, 1.165) is 31.6 Å². The van der Waals surface area contributed by atoms with E-state index in [1.807, 2.05) is 13.1 Å². The molecule has 0 radical (unpaired) electrons. The molecule has 3 nitrogen and oxygen atoms in total. The molecule has 0 saturated carbocycles. The third-order valence-electron chi connectivity index (χ3n) is 3.58. The number of benzene rings is 1. The summed E-state index contributed by atoms with van der Waals surface area (Å²) in [5.74, 6) is 0.486. The number of halogens is 1. The molecule has 0 aliphatic carbocycles. The van der Waals surface area contributed by atoms with E-state index in [-0.39, 0.29) is 11.9 Å². The molecule has 4 heteroatoms. The van der Waals surface area contributed by atoms with Crippen LogP contribution in [0.15, 0.2) is 18.2 Å². The molecule has 0 aromatic heterocycles. The molecule has 1 aliphatic rings. The first-order valence-electron chi connectivity index (χ1n) is 6.34. The smallest absolute Gasteiger partial charge is 0.165 e. The van der Waals surface area contributed by atoms with Gasteiger partial charge in [0, 0.05) is 19.3 Å². The van der Waals surface area contributed by atoms with Crippen molar-refractivity contribution in [3.8, 4) is 5.75 Å². The maximum absolute atomic E-state index is 13.7. The third kappa shape index (κ3) is 2.82. The zero-order valence-corrected chi connectivity index (χ0v) is 10.9. The van der Waals surface area contributed by atoms with Crippen molar-refractivity contribution in [3.63, 3.8) is 0 Å². The Balaban J connectivity index is 2.18. The van der Waals surface area contributed by atoms with E-state index in [1.54, 1.807) is 12.1 Å². The van der Waals surface area contributed by atoms with Crippen LogP contribution in [0.5, 0.6) is 5.75 Å². The van der Waals surface area contributed by atoms with Gasteiger partial charge in [-0.2, -0.15) is 0 Å². The van der Waals surface area contributed by atoms with E-state index in [2.05, 4.69) is 5.32 Å². The van der Waals surface area contributed by atoms with Crippen LogP contribution in [0.2, 0.25) is 0 Å². The van der Waals surface area contributed by atoms with Crippen LogP contribution in [-0.4, -0.2) is 27.4 Å². The largest absolute Gasteiger partial charge is 0.494 e. The van der Waals surface area contributed by atoms with Gasteiger partial charge in [0.2, 0.25) is 0 Å². The molecule has 18 heavy (non-hydrogen) atoms. The van der Waals surface area contributed by atoms with Crippen LogP contribution in [-0.2, 0) is 4.74 Å². The number of ether oxygens (including phenoxy) is 2. The van der Waals surface area contributed by atoms with Crippen LogP contribution in [0.4, 0.5) is 4.39 Å².